The molecule has 246 valence electrons. The Morgan fingerprint density at radius 2 is 1.19 bits per heavy atom. The molecule has 1 aromatic carbocycles. The van der Waals surface area contributed by atoms with Gasteiger partial charge in [-0.25, -0.2) is 14.5 Å². The number of nitriles is 1. The van der Waals surface area contributed by atoms with Crippen LogP contribution in [0.1, 0.15) is 22.8 Å². The largest absolute Gasteiger partial charge is 0.354 e. The third-order valence-electron chi connectivity index (χ3n) is 9.19. The molecule has 7 nitrogen and oxygen atoms in total. The van der Waals surface area contributed by atoms with Crippen LogP contribution in [0.5, 0.6) is 0 Å². The summed E-state index contributed by atoms with van der Waals surface area (Å²) in [5.74, 6) is 4.35. The van der Waals surface area contributed by atoms with Crippen LogP contribution in [-0.2, 0) is 7.05 Å². The molecule has 0 atom stereocenters. The zero-order valence-corrected chi connectivity index (χ0v) is 29.7. The molecule has 8 heterocycles. The van der Waals surface area contributed by atoms with Gasteiger partial charge in [-0.05, 0) is 107 Å². The van der Waals surface area contributed by atoms with Gasteiger partial charge in [-0.15, -0.1) is 0 Å². The molecular weight excluding hydrogens is 678 g/mol. The minimum Gasteiger partial charge on any atom is -0.354 e. The predicted octanol–water partition coefficient (Wildman–Crippen LogP) is 10.7. The standard InChI is InChI=1S/C43H29N7PS/c1-50-21-3-6-29(24-50)42-36-16-15-35(48-36)41(28-5-2-20-45-23-28)34-14-12-32(46-34)40(27-8-10-31(11-9-27)52-26-44)33-13-18-38(47-33)43(30-7-4-22-51-25-30)39-19-17-37(42)49-39/h2-25,47-48H,1H3/q+1. The molecule has 0 saturated carbocycles. The van der Waals surface area contributed by atoms with E-state index in [9.17, 15) is 5.26 Å². The minimum atomic E-state index is 0.825. The number of pyridine rings is 2. The fraction of sp³-hybridized carbons (Fsp3) is 0.0233. The molecule has 0 amide bonds. The van der Waals surface area contributed by atoms with Crippen molar-refractivity contribution >= 4 is 66.3 Å². The third kappa shape index (κ3) is 5.82. The number of thiocyanates is 1. The first-order chi connectivity index (χ1) is 25.6. The van der Waals surface area contributed by atoms with Gasteiger partial charge in [0, 0.05) is 78.8 Å². The number of hydrogen-bond acceptors (Lipinski definition) is 5. The monoisotopic (exact) mass is 706 g/mol. The van der Waals surface area contributed by atoms with Crippen LogP contribution < -0.4 is 4.57 Å². The smallest absolute Gasteiger partial charge is 0.176 e. The summed E-state index contributed by atoms with van der Waals surface area (Å²) in [6.45, 7) is 0. The van der Waals surface area contributed by atoms with E-state index < -0.39 is 0 Å². The van der Waals surface area contributed by atoms with Crippen molar-refractivity contribution in [1.82, 2.24) is 24.9 Å². The Balaban J connectivity index is 1.46. The molecular formula is C43H29N7PS+. The molecule has 8 bridgehead atoms. The van der Waals surface area contributed by atoms with Gasteiger partial charge in [0.15, 0.2) is 12.4 Å². The lowest BCUT2D eigenvalue weighted by atomic mass is 10.0. The average molecular weight is 707 g/mol. The molecule has 2 aliphatic heterocycles. The Labute approximate surface area is 305 Å². The SMILES string of the molecule is C[n+]1cccc(-c2c3nc(c(-c4cccpc4)c4ccc([nH]4)c(-c4ccc(SC#N)cc4)c4nc(c(-c5cccnc5)c5ccc2[nH]5)C=C4)C=C3)c1. The highest BCUT2D eigenvalue weighted by molar-refractivity contribution is 8.03. The number of fused-ring (bicyclic) bond motifs is 8. The zero-order valence-electron chi connectivity index (χ0n) is 27.9. The maximum absolute atomic E-state index is 9.29. The van der Waals surface area contributed by atoms with Gasteiger partial charge in [0.05, 0.1) is 22.8 Å². The molecule has 7 aromatic rings. The van der Waals surface area contributed by atoms with E-state index in [0.29, 0.717) is 0 Å². The lowest BCUT2D eigenvalue weighted by Gasteiger charge is -2.07. The molecule has 2 aliphatic rings. The number of hydrogen-bond donors (Lipinski definition) is 2. The van der Waals surface area contributed by atoms with Gasteiger partial charge in [0.1, 0.15) is 12.4 Å². The predicted molar refractivity (Wildman–Crippen MR) is 214 cm³/mol. The van der Waals surface area contributed by atoms with E-state index in [1.165, 1.54) is 0 Å². The number of aromatic nitrogens is 6. The van der Waals surface area contributed by atoms with Gasteiger partial charge in [-0.2, -0.15) is 5.26 Å². The topological polar surface area (TPSA) is 97.9 Å². The highest BCUT2D eigenvalue weighted by Crippen LogP contribution is 2.38. The van der Waals surface area contributed by atoms with Gasteiger partial charge in [-0.3, -0.25) is 4.98 Å². The fourth-order valence-electron chi connectivity index (χ4n) is 6.92. The van der Waals surface area contributed by atoms with E-state index in [0.717, 1.165) is 114 Å². The highest BCUT2D eigenvalue weighted by atomic mass is 32.2. The summed E-state index contributed by atoms with van der Waals surface area (Å²) in [7, 11) is 3.15. The Hall–Kier alpha value is -6.39. The normalized spacial score (nSPS) is 12.0. The summed E-state index contributed by atoms with van der Waals surface area (Å²) in [5, 5.41) is 11.5. The summed E-state index contributed by atoms with van der Waals surface area (Å²) in [6, 6.07) is 29.1. The van der Waals surface area contributed by atoms with E-state index in [2.05, 4.69) is 134 Å². The molecule has 0 unspecified atom stereocenters. The van der Waals surface area contributed by atoms with Crippen molar-refractivity contribution in [2.75, 3.05) is 0 Å². The van der Waals surface area contributed by atoms with E-state index in [-0.39, 0.29) is 0 Å². The molecule has 6 aromatic heterocycles. The summed E-state index contributed by atoms with van der Waals surface area (Å²) in [5.41, 5.74) is 15.2. The van der Waals surface area contributed by atoms with Crippen LogP contribution in [0.4, 0.5) is 0 Å². The van der Waals surface area contributed by atoms with Crippen molar-refractivity contribution in [1.29, 1.82) is 5.26 Å². The highest BCUT2D eigenvalue weighted by Gasteiger charge is 2.19. The van der Waals surface area contributed by atoms with Crippen molar-refractivity contribution in [2.24, 2.45) is 7.05 Å². The lowest BCUT2D eigenvalue weighted by molar-refractivity contribution is -0.671. The molecule has 2 N–H and O–H groups in total. The second kappa shape index (κ2) is 13.4. The number of rotatable bonds is 5. The number of nitrogens with zero attached hydrogens (tertiary/aromatic N) is 5. The molecule has 9 heteroatoms. The first-order valence-electron chi connectivity index (χ1n) is 16.7. The van der Waals surface area contributed by atoms with Gasteiger partial charge in [0.2, 0.25) is 0 Å². The maximum atomic E-state index is 9.29. The molecule has 9 rings (SSSR count). The lowest BCUT2D eigenvalue weighted by Crippen LogP contribution is -2.26. The van der Waals surface area contributed by atoms with Crippen LogP contribution in [0.3, 0.4) is 0 Å². The van der Waals surface area contributed by atoms with Crippen LogP contribution in [0, 0.1) is 10.7 Å². The van der Waals surface area contributed by atoms with Gasteiger partial charge in [0.25, 0.3) is 0 Å². The summed E-state index contributed by atoms with van der Waals surface area (Å²) >= 11 is 1.15. The Bertz CT molecular complexity index is 2740. The minimum absolute atomic E-state index is 0.825. The maximum Gasteiger partial charge on any atom is 0.176 e. The van der Waals surface area contributed by atoms with Gasteiger partial charge >= 0.3 is 0 Å². The summed E-state index contributed by atoms with van der Waals surface area (Å²) in [4.78, 5) is 23.6. The molecule has 0 saturated heterocycles. The molecule has 0 spiro atoms. The number of thioether (sulfide) groups is 1. The molecule has 0 fully saturated rings. The van der Waals surface area contributed by atoms with Crippen molar-refractivity contribution in [3.05, 3.63) is 144 Å². The zero-order chi connectivity index (χ0) is 35.0. The Kier molecular flexibility index (Phi) is 8.13. The first-order valence-corrected chi connectivity index (χ1v) is 18.6. The van der Waals surface area contributed by atoms with Crippen molar-refractivity contribution < 1.29 is 4.57 Å². The number of nitrogens with one attached hydrogen (secondary N) is 2. The van der Waals surface area contributed by atoms with E-state index in [4.69, 9.17) is 9.97 Å². The molecule has 0 aliphatic carbocycles. The van der Waals surface area contributed by atoms with Crippen LogP contribution in [0.15, 0.2) is 126 Å². The number of benzene rings is 1. The first kappa shape index (κ1) is 31.6. The second-order valence-corrected chi connectivity index (χ2v) is 14.2. The van der Waals surface area contributed by atoms with Crippen molar-refractivity contribution in [3.8, 4) is 49.9 Å². The average Bonchev–Trinajstić information content (AvgIpc) is 4.01. The van der Waals surface area contributed by atoms with E-state index in [1.54, 1.807) is 6.20 Å². The van der Waals surface area contributed by atoms with Crippen LogP contribution in [0.2, 0.25) is 0 Å². The van der Waals surface area contributed by atoms with Crippen LogP contribution in [0.25, 0.3) is 90.9 Å². The Morgan fingerprint density at radius 3 is 1.73 bits per heavy atom. The third-order valence-corrected chi connectivity index (χ3v) is 10.6. The molecule has 0 radical (unpaired) electrons. The van der Waals surface area contributed by atoms with Crippen LogP contribution >= 0.6 is 20.0 Å². The van der Waals surface area contributed by atoms with E-state index >= 15 is 0 Å². The quantitative estimate of drug-likeness (QED) is 0.105. The van der Waals surface area contributed by atoms with Gasteiger partial charge in [-0.1, -0.05) is 38.5 Å². The van der Waals surface area contributed by atoms with Crippen molar-refractivity contribution in [2.45, 2.75) is 4.90 Å². The number of aromatic amines is 2. The van der Waals surface area contributed by atoms with Crippen molar-refractivity contribution in [3.63, 3.8) is 0 Å². The molecule has 52 heavy (non-hydrogen) atoms. The van der Waals surface area contributed by atoms with Crippen LogP contribution in [-0.4, -0.2) is 24.9 Å². The number of H-pyrrole nitrogens is 2. The second-order valence-electron chi connectivity index (χ2n) is 12.5. The van der Waals surface area contributed by atoms with E-state index in [1.807, 2.05) is 37.6 Å². The summed E-state index contributed by atoms with van der Waals surface area (Å²) in [6.07, 6.45) is 16.2. The number of aryl methyl sites for hydroxylation is 1. The van der Waals surface area contributed by atoms with Gasteiger partial charge < -0.3 is 9.97 Å². The summed E-state index contributed by atoms with van der Waals surface area (Å²) < 4.78 is 2.06. The fourth-order valence-corrected chi connectivity index (χ4v) is 7.94. The Morgan fingerprint density at radius 1 is 0.635 bits per heavy atom.